The molecule has 232 valence electrons. The second kappa shape index (κ2) is 26.6. The van der Waals surface area contributed by atoms with E-state index < -0.39 is 5.60 Å². The van der Waals surface area contributed by atoms with Crippen LogP contribution in [0.25, 0.3) is 0 Å². The molecule has 0 saturated heterocycles. The van der Waals surface area contributed by atoms with E-state index in [4.69, 9.17) is 42.6 Å². The highest BCUT2D eigenvalue weighted by molar-refractivity contribution is 5.69. The molecule has 0 saturated carbocycles. The molecular weight excluding hydrogens is 518 g/mol. The molecule has 1 amide bonds. The Balaban J connectivity index is 3.18. The second-order valence-electron chi connectivity index (χ2n) is 9.13. The zero-order valence-electron chi connectivity index (χ0n) is 24.6. The van der Waals surface area contributed by atoms with Crippen LogP contribution in [0.3, 0.4) is 0 Å². The van der Waals surface area contributed by atoms with E-state index >= 15 is 0 Å². The third kappa shape index (κ3) is 29.2. The van der Waals surface area contributed by atoms with Gasteiger partial charge in [-0.2, -0.15) is 0 Å². The highest BCUT2D eigenvalue weighted by Crippen LogP contribution is 2.08. The van der Waals surface area contributed by atoms with Crippen molar-refractivity contribution in [2.24, 2.45) is 0 Å². The van der Waals surface area contributed by atoms with Gasteiger partial charge in [0.1, 0.15) is 5.60 Å². The summed E-state index contributed by atoms with van der Waals surface area (Å²) in [4.78, 5) is 24.2. The van der Waals surface area contributed by atoms with Gasteiger partial charge in [0, 0.05) is 13.6 Å². The largest absolute Gasteiger partial charge is 0.469 e. The van der Waals surface area contributed by atoms with Crippen LogP contribution in [0.15, 0.2) is 0 Å². The highest BCUT2D eigenvalue weighted by Gasteiger charge is 2.19. The molecule has 0 N–H and O–H groups in total. The van der Waals surface area contributed by atoms with Crippen LogP contribution in [0.2, 0.25) is 0 Å². The number of likely N-dealkylation sites (N-methyl/N-ethyl adjacent to an activating group) is 1. The maximum absolute atomic E-state index is 11.8. The van der Waals surface area contributed by atoms with Gasteiger partial charge in [0.15, 0.2) is 0 Å². The highest BCUT2D eigenvalue weighted by atomic mass is 16.6. The Morgan fingerprint density at radius 2 is 0.846 bits per heavy atom. The Labute approximate surface area is 233 Å². The molecule has 0 atom stereocenters. The average molecular weight is 570 g/mol. The molecule has 0 bridgehead atoms. The van der Waals surface area contributed by atoms with Gasteiger partial charge in [-0.15, -0.1) is 0 Å². The van der Waals surface area contributed by atoms with Gasteiger partial charge < -0.3 is 52.3 Å². The summed E-state index contributed by atoms with van der Waals surface area (Å²) in [5.74, 6) is -0.288. The van der Waals surface area contributed by atoms with E-state index in [0.29, 0.717) is 112 Å². The topological polar surface area (TPSA) is 130 Å². The van der Waals surface area contributed by atoms with E-state index in [2.05, 4.69) is 4.74 Å². The third-order valence-corrected chi connectivity index (χ3v) is 4.56. The first kappa shape index (κ1) is 37.4. The van der Waals surface area contributed by atoms with Crippen LogP contribution in [0, 0.1) is 0 Å². The molecule has 0 spiro atoms. The van der Waals surface area contributed by atoms with E-state index in [1.165, 1.54) is 12.0 Å². The molecule has 0 aliphatic heterocycles. The molecule has 0 aromatic rings. The van der Waals surface area contributed by atoms with Crippen LogP contribution in [-0.4, -0.2) is 149 Å². The molecule has 0 heterocycles. The summed E-state index contributed by atoms with van der Waals surface area (Å²) < 4.78 is 53.0. The van der Waals surface area contributed by atoms with E-state index in [0.717, 1.165) is 0 Å². The average Bonchev–Trinajstić information content (AvgIpc) is 2.89. The normalized spacial score (nSPS) is 11.5. The fraction of sp³-hybridized carbons (Fsp3) is 0.923. The monoisotopic (exact) mass is 569 g/mol. The zero-order valence-corrected chi connectivity index (χ0v) is 24.6. The van der Waals surface area contributed by atoms with Crippen LogP contribution in [0.5, 0.6) is 0 Å². The van der Waals surface area contributed by atoms with E-state index in [-0.39, 0.29) is 18.5 Å². The molecule has 0 unspecified atom stereocenters. The minimum absolute atomic E-state index is 0.243. The predicted octanol–water partition coefficient (Wildman–Crippen LogP) is 1.55. The van der Waals surface area contributed by atoms with Gasteiger partial charge in [0.2, 0.25) is 0 Å². The van der Waals surface area contributed by atoms with Gasteiger partial charge in [0.25, 0.3) is 0 Å². The van der Waals surface area contributed by atoms with Crippen LogP contribution < -0.4 is 0 Å². The molecule has 0 aromatic carbocycles. The third-order valence-electron chi connectivity index (χ3n) is 4.56. The van der Waals surface area contributed by atoms with Crippen LogP contribution in [0.4, 0.5) is 4.79 Å². The van der Waals surface area contributed by atoms with Crippen molar-refractivity contribution in [2.45, 2.75) is 32.8 Å². The molecule has 0 fully saturated rings. The number of amides is 1. The lowest BCUT2D eigenvalue weighted by atomic mass is 10.2. The van der Waals surface area contributed by atoms with Gasteiger partial charge >= 0.3 is 12.1 Å². The molecule has 0 aromatic heterocycles. The Hall–Kier alpha value is -1.58. The maximum Gasteiger partial charge on any atom is 0.410 e. The zero-order chi connectivity index (χ0) is 29.0. The minimum Gasteiger partial charge on any atom is -0.469 e. The summed E-state index contributed by atoms with van der Waals surface area (Å²) in [7, 11) is 3.03. The summed E-state index contributed by atoms with van der Waals surface area (Å²) in [6.45, 7) is 13.3. The van der Waals surface area contributed by atoms with Crippen LogP contribution in [0.1, 0.15) is 27.2 Å². The number of hydrogen-bond donors (Lipinski definition) is 0. The maximum atomic E-state index is 11.8. The number of carbonyl (C=O) groups is 2. The summed E-state index contributed by atoms with van der Waals surface area (Å²) in [5, 5.41) is 0. The van der Waals surface area contributed by atoms with Crippen molar-refractivity contribution in [2.75, 3.05) is 126 Å². The van der Waals surface area contributed by atoms with E-state index in [9.17, 15) is 9.59 Å². The number of carbonyl (C=O) groups excluding carboxylic acids is 2. The Morgan fingerprint density at radius 1 is 0.538 bits per heavy atom. The smallest absolute Gasteiger partial charge is 0.410 e. The molecule has 0 rings (SSSR count). The van der Waals surface area contributed by atoms with Crippen LogP contribution in [-0.2, 0) is 52.2 Å². The van der Waals surface area contributed by atoms with Crippen molar-refractivity contribution >= 4 is 12.1 Å². The lowest BCUT2D eigenvalue weighted by Gasteiger charge is -2.24. The first-order chi connectivity index (χ1) is 18.8. The molecular formula is C26H51NO12. The summed E-state index contributed by atoms with van der Waals surface area (Å²) in [6, 6.07) is 0. The van der Waals surface area contributed by atoms with Crippen molar-refractivity contribution in [1.82, 2.24) is 4.90 Å². The lowest BCUT2D eigenvalue weighted by molar-refractivity contribution is -0.141. The first-order valence-electron chi connectivity index (χ1n) is 13.4. The number of ether oxygens (including phenoxy) is 10. The van der Waals surface area contributed by atoms with Crippen molar-refractivity contribution in [1.29, 1.82) is 0 Å². The first-order valence-corrected chi connectivity index (χ1v) is 13.4. The number of rotatable bonds is 27. The Morgan fingerprint density at radius 3 is 1.15 bits per heavy atom. The quantitative estimate of drug-likeness (QED) is 0.105. The van der Waals surface area contributed by atoms with Crippen molar-refractivity contribution < 1.29 is 57.0 Å². The van der Waals surface area contributed by atoms with Crippen molar-refractivity contribution in [3.63, 3.8) is 0 Å². The standard InChI is InChI=1S/C26H51NO12/c1-26(2,3)39-25(29)27(4)7-9-32-11-13-34-15-17-36-19-21-38-23-22-37-20-18-35-16-14-33-12-10-31-8-6-24(28)30-5/h6-23H2,1-5H3. The van der Waals surface area contributed by atoms with E-state index in [1.54, 1.807) is 7.05 Å². The Kier molecular flexibility index (Phi) is 25.6. The summed E-state index contributed by atoms with van der Waals surface area (Å²) in [6.07, 6.45) is -0.124. The summed E-state index contributed by atoms with van der Waals surface area (Å²) >= 11 is 0. The number of hydrogen-bond acceptors (Lipinski definition) is 12. The van der Waals surface area contributed by atoms with Gasteiger partial charge in [-0.25, -0.2) is 4.79 Å². The minimum atomic E-state index is -0.510. The molecule has 0 radical (unpaired) electrons. The van der Waals surface area contributed by atoms with Gasteiger partial charge in [0.05, 0.1) is 119 Å². The fourth-order valence-electron chi connectivity index (χ4n) is 2.53. The molecule has 0 aliphatic carbocycles. The van der Waals surface area contributed by atoms with Crippen molar-refractivity contribution in [3.8, 4) is 0 Å². The van der Waals surface area contributed by atoms with Crippen LogP contribution >= 0.6 is 0 Å². The van der Waals surface area contributed by atoms with Crippen molar-refractivity contribution in [3.05, 3.63) is 0 Å². The molecule has 0 aliphatic rings. The summed E-state index contributed by atoms with van der Waals surface area (Å²) in [5.41, 5.74) is -0.510. The number of methoxy groups -OCH3 is 1. The van der Waals surface area contributed by atoms with Gasteiger partial charge in [-0.1, -0.05) is 0 Å². The van der Waals surface area contributed by atoms with Gasteiger partial charge in [-0.3, -0.25) is 4.79 Å². The Bertz CT molecular complexity index is 574. The fourth-order valence-corrected chi connectivity index (χ4v) is 2.53. The number of nitrogens with zero attached hydrogens (tertiary/aromatic N) is 1. The lowest BCUT2D eigenvalue weighted by Crippen LogP contribution is -2.36. The predicted molar refractivity (Wildman–Crippen MR) is 142 cm³/mol. The second-order valence-corrected chi connectivity index (χ2v) is 9.13. The van der Waals surface area contributed by atoms with Gasteiger partial charge in [-0.05, 0) is 20.8 Å². The SMILES string of the molecule is COC(=O)CCOCCOCCOCCOCCOCCOCCOCCOCCN(C)C(=O)OC(C)(C)C. The number of esters is 1. The van der Waals surface area contributed by atoms with E-state index in [1.807, 2.05) is 20.8 Å². The molecule has 39 heavy (non-hydrogen) atoms. The molecule has 13 heteroatoms. The molecule has 13 nitrogen and oxygen atoms in total.